The van der Waals surface area contributed by atoms with Crippen molar-refractivity contribution in [2.75, 3.05) is 37.9 Å². The van der Waals surface area contributed by atoms with Gasteiger partial charge in [-0.15, -0.1) is 0 Å². The molecular formula is C26H27F3N4O7. The fourth-order valence-corrected chi connectivity index (χ4v) is 3.86. The first-order chi connectivity index (χ1) is 18.8. The van der Waals surface area contributed by atoms with Gasteiger partial charge in [-0.3, -0.25) is 14.4 Å². The highest BCUT2D eigenvalue weighted by atomic mass is 19.4. The molecule has 4 amide bonds. The number of urea groups is 1. The predicted octanol–water partition coefficient (Wildman–Crippen LogP) is 3.14. The normalized spacial score (nSPS) is 15.0. The van der Waals surface area contributed by atoms with Crippen molar-refractivity contribution < 1.29 is 47.0 Å². The van der Waals surface area contributed by atoms with Gasteiger partial charge in [0, 0.05) is 0 Å². The van der Waals surface area contributed by atoms with E-state index in [0.717, 1.165) is 22.8 Å². The van der Waals surface area contributed by atoms with Crippen LogP contribution in [-0.4, -0.2) is 66.6 Å². The van der Waals surface area contributed by atoms with E-state index in [0.29, 0.717) is 24.0 Å². The third kappa shape index (κ3) is 6.68. The Morgan fingerprint density at radius 3 is 2.33 bits per heavy atom. The summed E-state index contributed by atoms with van der Waals surface area (Å²) in [6.07, 6.45) is -4.40. The Balaban J connectivity index is 1.46. The standard InChI is InChI=1S/C26H27F3N4O7/c1-25(2)23(36)32(18-5-4-17(15-30)20(14-18)26(27,28)29)24(37)33(25)40-12-11-39-10-9-38-8-7-16-3-6-21(34)19(13-16)22(31)35/h3-6,13-14,34H,7-12H2,1-2H3,(H2,31,35). The van der Waals surface area contributed by atoms with Crippen molar-refractivity contribution in [2.45, 2.75) is 32.0 Å². The Morgan fingerprint density at radius 1 is 1.05 bits per heavy atom. The molecule has 3 rings (SSSR count). The molecule has 0 unspecified atom stereocenters. The summed E-state index contributed by atoms with van der Waals surface area (Å²) in [5, 5.41) is 19.4. The van der Waals surface area contributed by atoms with Gasteiger partial charge in [0.1, 0.15) is 11.3 Å². The number of imide groups is 1. The van der Waals surface area contributed by atoms with Gasteiger partial charge in [0.2, 0.25) is 0 Å². The number of amides is 4. The Labute approximate surface area is 227 Å². The van der Waals surface area contributed by atoms with E-state index in [-0.39, 0.29) is 43.4 Å². The number of hydrogen-bond acceptors (Lipinski definition) is 8. The van der Waals surface area contributed by atoms with Crippen LogP contribution >= 0.6 is 0 Å². The summed E-state index contributed by atoms with van der Waals surface area (Å²) in [6.45, 7) is 3.37. The molecule has 214 valence electrons. The average Bonchev–Trinajstić information content (AvgIpc) is 3.06. The number of rotatable bonds is 12. The van der Waals surface area contributed by atoms with E-state index >= 15 is 0 Å². The molecule has 1 aliphatic rings. The molecule has 11 nitrogen and oxygen atoms in total. The fourth-order valence-electron chi connectivity index (χ4n) is 3.86. The number of primary amides is 1. The molecule has 0 aromatic heterocycles. The van der Waals surface area contributed by atoms with Crippen molar-refractivity contribution in [1.82, 2.24) is 5.06 Å². The quantitative estimate of drug-likeness (QED) is 0.294. The number of alkyl halides is 3. The number of nitrogens with two attached hydrogens (primary N) is 1. The summed E-state index contributed by atoms with van der Waals surface area (Å²) >= 11 is 0. The second kappa shape index (κ2) is 12.3. The van der Waals surface area contributed by atoms with E-state index in [1.807, 2.05) is 0 Å². The number of nitriles is 1. The first-order valence-electron chi connectivity index (χ1n) is 12.0. The minimum absolute atomic E-state index is 0.0203. The smallest absolute Gasteiger partial charge is 0.417 e. The highest BCUT2D eigenvalue weighted by molar-refractivity contribution is 6.22. The van der Waals surface area contributed by atoms with Crippen LogP contribution in [0, 0.1) is 11.3 Å². The van der Waals surface area contributed by atoms with Gasteiger partial charge < -0.3 is 20.3 Å². The van der Waals surface area contributed by atoms with Crippen molar-refractivity contribution >= 4 is 23.5 Å². The summed E-state index contributed by atoms with van der Waals surface area (Å²) in [6, 6.07) is 7.53. The molecule has 1 aliphatic heterocycles. The Hall–Kier alpha value is -4.19. The number of carbonyl (C=O) groups excluding carboxylic acids is 3. The van der Waals surface area contributed by atoms with Gasteiger partial charge in [-0.25, -0.2) is 9.69 Å². The van der Waals surface area contributed by atoms with E-state index in [2.05, 4.69) is 0 Å². The summed E-state index contributed by atoms with van der Waals surface area (Å²) in [7, 11) is 0. The monoisotopic (exact) mass is 564 g/mol. The van der Waals surface area contributed by atoms with Crippen LogP contribution in [0.25, 0.3) is 0 Å². The van der Waals surface area contributed by atoms with Crippen LogP contribution in [0.5, 0.6) is 5.75 Å². The van der Waals surface area contributed by atoms with E-state index in [1.165, 1.54) is 32.0 Å². The maximum Gasteiger partial charge on any atom is 0.417 e. The molecule has 0 bridgehead atoms. The lowest BCUT2D eigenvalue weighted by atomic mass is 10.0. The fraction of sp³-hybridized carbons (Fsp3) is 0.385. The topological polar surface area (TPSA) is 155 Å². The second-order valence-corrected chi connectivity index (χ2v) is 9.14. The number of carbonyl (C=O) groups is 3. The lowest BCUT2D eigenvalue weighted by molar-refractivity contribution is -0.173. The highest BCUT2D eigenvalue weighted by Gasteiger charge is 2.53. The van der Waals surface area contributed by atoms with Gasteiger partial charge in [-0.2, -0.15) is 23.5 Å². The maximum atomic E-state index is 13.4. The lowest BCUT2D eigenvalue weighted by Gasteiger charge is -2.26. The minimum Gasteiger partial charge on any atom is -0.507 e. The van der Waals surface area contributed by atoms with Gasteiger partial charge in [-0.05, 0) is 56.2 Å². The predicted molar refractivity (Wildman–Crippen MR) is 133 cm³/mol. The average molecular weight is 565 g/mol. The summed E-state index contributed by atoms with van der Waals surface area (Å²) in [5.74, 6) is -1.74. The van der Waals surface area contributed by atoms with Crippen LogP contribution in [0.3, 0.4) is 0 Å². The number of phenols is 1. The van der Waals surface area contributed by atoms with E-state index in [1.54, 1.807) is 6.07 Å². The molecule has 14 heteroatoms. The largest absolute Gasteiger partial charge is 0.507 e. The SMILES string of the molecule is CC1(C)C(=O)N(c2ccc(C#N)c(C(F)(F)F)c2)C(=O)N1OCCOCCOCCc1ccc(O)c(C(N)=O)c1. The molecule has 2 aromatic carbocycles. The zero-order chi connectivity index (χ0) is 29.7. The summed E-state index contributed by atoms with van der Waals surface area (Å²) in [5.41, 5.74) is 2.21. The molecule has 0 radical (unpaired) electrons. The number of nitrogens with zero attached hydrogens (tertiary/aromatic N) is 3. The zero-order valence-corrected chi connectivity index (χ0v) is 21.7. The molecule has 0 atom stereocenters. The molecule has 1 heterocycles. The van der Waals surface area contributed by atoms with Gasteiger partial charge in [0.15, 0.2) is 0 Å². The van der Waals surface area contributed by atoms with Gasteiger partial charge >= 0.3 is 12.2 Å². The Kier molecular flexibility index (Phi) is 9.36. The van der Waals surface area contributed by atoms with Gasteiger partial charge in [0.25, 0.3) is 11.8 Å². The van der Waals surface area contributed by atoms with Crippen LogP contribution in [-0.2, 0) is 31.7 Å². The number of benzene rings is 2. The van der Waals surface area contributed by atoms with Crippen LogP contribution in [0.4, 0.5) is 23.7 Å². The second-order valence-electron chi connectivity index (χ2n) is 9.14. The van der Waals surface area contributed by atoms with Crippen LogP contribution in [0.2, 0.25) is 0 Å². The number of halogens is 3. The molecule has 2 aromatic rings. The van der Waals surface area contributed by atoms with E-state index < -0.39 is 40.7 Å². The van der Waals surface area contributed by atoms with E-state index in [9.17, 15) is 32.7 Å². The summed E-state index contributed by atoms with van der Waals surface area (Å²) < 4.78 is 51.0. The van der Waals surface area contributed by atoms with Crippen molar-refractivity contribution in [1.29, 1.82) is 5.26 Å². The first kappa shape index (κ1) is 30.4. The van der Waals surface area contributed by atoms with Gasteiger partial charge in [-0.1, -0.05) is 6.07 Å². The first-order valence-corrected chi connectivity index (χ1v) is 12.0. The number of aromatic hydroxyl groups is 1. The Bertz CT molecular complexity index is 1320. The molecule has 40 heavy (non-hydrogen) atoms. The lowest BCUT2D eigenvalue weighted by Crippen LogP contribution is -2.44. The van der Waals surface area contributed by atoms with Crippen molar-refractivity contribution in [2.24, 2.45) is 5.73 Å². The number of ether oxygens (including phenoxy) is 2. The molecule has 0 aliphatic carbocycles. The van der Waals surface area contributed by atoms with Crippen LogP contribution in [0.15, 0.2) is 36.4 Å². The molecule has 1 saturated heterocycles. The molecule has 3 N–H and O–H groups in total. The molecule has 0 spiro atoms. The number of anilines is 1. The number of hydrogen-bond donors (Lipinski definition) is 2. The van der Waals surface area contributed by atoms with E-state index in [4.69, 9.17) is 25.3 Å². The third-order valence-electron chi connectivity index (χ3n) is 5.97. The van der Waals surface area contributed by atoms with Crippen molar-refractivity contribution in [3.05, 3.63) is 58.7 Å². The van der Waals surface area contributed by atoms with Crippen LogP contribution < -0.4 is 10.6 Å². The number of hydroxylamine groups is 2. The zero-order valence-electron chi connectivity index (χ0n) is 21.7. The van der Waals surface area contributed by atoms with Gasteiger partial charge in [0.05, 0.1) is 61.5 Å². The van der Waals surface area contributed by atoms with Crippen molar-refractivity contribution in [3.63, 3.8) is 0 Å². The highest BCUT2D eigenvalue weighted by Crippen LogP contribution is 2.37. The molecular weight excluding hydrogens is 537 g/mol. The van der Waals surface area contributed by atoms with Crippen LogP contribution in [0.1, 0.15) is 40.9 Å². The summed E-state index contributed by atoms with van der Waals surface area (Å²) in [4.78, 5) is 43.2. The maximum absolute atomic E-state index is 13.4. The minimum atomic E-state index is -4.86. The van der Waals surface area contributed by atoms with Crippen molar-refractivity contribution in [3.8, 4) is 11.8 Å². The molecule has 0 saturated carbocycles. The third-order valence-corrected chi connectivity index (χ3v) is 5.97. The molecule has 1 fully saturated rings. The Morgan fingerprint density at radius 2 is 1.70 bits per heavy atom.